The van der Waals surface area contributed by atoms with E-state index in [1.165, 1.54) is 6.07 Å². The molecule has 0 atom stereocenters. The number of aryl methyl sites for hydroxylation is 1. The van der Waals surface area contributed by atoms with E-state index in [9.17, 15) is 18.0 Å². The molecule has 1 aliphatic rings. The van der Waals surface area contributed by atoms with Crippen LogP contribution in [0.3, 0.4) is 0 Å². The Balaban J connectivity index is 1.77. The third-order valence-electron chi connectivity index (χ3n) is 3.36. The van der Waals surface area contributed by atoms with Crippen LogP contribution in [0.15, 0.2) is 36.5 Å². The largest absolute Gasteiger partial charge is 0.417 e. The molecule has 3 rings (SSSR count). The number of fused-ring (bicyclic) bond motifs is 1. The molecule has 0 aliphatic carbocycles. The minimum atomic E-state index is -4.39. The number of nitrogens with zero attached hydrogens (tertiary/aromatic N) is 1. The maximum atomic E-state index is 12.5. The molecule has 7 heteroatoms. The van der Waals surface area contributed by atoms with Crippen molar-refractivity contribution in [1.82, 2.24) is 4.98 Å². The molecule has 2 N–H and O–H groups in total. The van der Waals surface area contributed by atoms with Crippen molar-refractivity contribution in [2.24, 2.45) is 0 Å². The molecule has 1 aliphatic heterocycles. The molecular formula is C15H12F3N3O. The van der Waals surface area contributed by atoms with Crippen LogP contribution in [0, 0.1) is 0 Å². The van der Waals surface area contributed by atoms with Crippen LogP contribution in [-0.2, 0) is 17.4 Å². The second kappa shape index (κ2) is 5.32. The summed E-state index contributed by atoms with van der Waals surface area (Å²) in [6, 6.07) is 7.62. The number of pyridine rings is 1. The molecule has 114 valence electrons. The van der Waals surface area contributed by atoms with Crippen LogP contribution >= 0.6 is 0 Å². The Kier molecular flexibility index (Phi) is 3.48. The van der Waals surface area contributed by atoms with Gasteiger partial charge in [-0.1, -0.05) is 0 Å². The Labute approximate surface area is 124 Å². The van der Waals surface area contributed by atoms with E-state index in [-0.39, 0.29) is 5.91 Å². The summed E-state index contributed by atoms with van der Waals surface area (Å²) in [4.78, 5) is 15.0. The van der Waals surface area contributed by atoms with E-state index in [0.29, 0.717) is 24.3 Å². The molecule has 0 spiro atoms. The van der Waals surface area contributed by atoms with Crippen molar-refractivity contribution < 1.29 is 18.0 Å². The van der Waals surface area contributed by atoms with E-state index in [1.807, 2.05) is 6.07 Å². The number of benzene rings is 1. The van der Waals surface area contributed by atoms with Crippen molar-refractivity contribution in [2.45, 2.75) is 19.0 Å². The molecule has 1 aromatic heterocycles. The number of hydrogen-bond donors (Lipinski definition) is 2. The Morgan fingerprint density at radius 3 is 2.64 bits per heavy atom. The van der Waals surface area contributed by atoms with Gasteiger partial charge in [-0.2, -0.15) is 13.2 Å². The molecular weight excluding hydrogens is 295 g/mol. The zero-order chi connectivity index (χ0) is 15.7. The second-order valence-corrected chi connectivity index (χ2v) is 4.97. The van der Waals surface area contributed by atoms with Gasteiger partial charge < -0.3 is 10.6 Å². The summed E-state index contributed by atoms with van der Waals surface area (Å²) in [5.74, 6) is 0.311. The standard InChI is InChI=1S/C15H12F3N3O/c16-15(17,18)10-2-5-13(19-8-10)20-11-3-4-12-9(7-11)1-6-14(22)21-12/h2-5,7-8H,1,6H2,(H,19,20)(H,21,22). The topological polar surface area (TPSA) is 54.0 Å². The number of nitrogens with one attached hydrogen (secondary N) is 2. The van der Waals surface area contributed by atoms with Crippen LogP contribution < -0.4 is 10.6 Å². The number of carbonyl (C=O) groups is 1. The Morgan fingerprint density at radius 1 is 1.14 bits per heavy atom. The summed E-state index contributed by atoms with van der Waals surface area (Å²) in [6.45, 7) is 0. The number of anilines is 3. The minimum Gasteiger partial charge on any atom is -0.340 e. The number of carbonyl (C=O) groups excluding carboxylic acids is 1. The molecule has 0 saturated heterocycles. The first-order valence-electron chi connectivity index (χ1n) is 6.65. The number of amides is 1. The molecule has 1 aromatic carbocycles. The predicted octanol–water partition coefficient (Wildman–Crippen LogP) is 3.73. The first kappa shape index (κ1) is 14.4. The fourth-order valence-electron chi connectivity index (χ4n) is 2.24. The van der Waals surface area contributed by atoms with E-state index >= 15 is 0 Å². The van der Waals surface area contributed by atoms with E-state index in [1.54, 1.807) is 12.1 Å². The van der Waals surface area contributed by atoms with Gasteiger partial charge in [0.2, 0.25) is 5.91 Å². The molecule has 0 fully saturated rings. The van der Waals surface area contributed by atoms with E-state index in [0.717, 1.165) is 23.5 Å². The van der Waals surface area contributed by atoms with Gasteiger partial charge in [0.25, 0.3) is 0 Å². The molecule has 0 saturated carbocycles. The second-order valence-electron chi connectivity index (χ2n) is 4.97. The fraction of sp³-hybridized carbons (Fsp3) is 0.200. The molecule has 4 nitrogen and oxygen atoms in total. The van der Waals surface area contributed by atoms with Gasteiger partial charge in [-0.25, -0.2) is 4.98 Å². The zero-order valence-electron chi connectivity index (χ0n) is 11.4. The van der Waals surface area contributed by atoms with Crippen LogP contribution in [0.5, 0.6) is 0 Å². The summed E-state index contributed by atoms with van der Waals surface area (Å²) in [5, 5.41) is 5.72. The van der Waals surface area contributed by atoms with E-state index in [4.69, 9.17) is 0 Å². The van der Waals surface area contributed by atoms with Crippen molar-refractivity contribution in [3.63, 3.8) is 0 Å². The number of rotatable bonds is 2. The predicted molar refractivity (Wildman–Crippen MR) is 75.9 cm³/mol. The van der Waals surface area contributed by atoms with E-state index < -0.39 is 11.7 Å². The third-order valence-corrected chi connectivity index (χ3v) is 3.36. The normalized spacial score (nSPS) is 14.2. The van der Waals surface area contributed by atoms with Gasteiger partial charge in [0.1, 0.15) is 5.82 Å². The average molecular weight is 307 g/mol. The van der Waals surface area contributed by atoms with Gasteiger partial charge in [0, 0.05) is 24.0 Å². The lowest BCUT2D eigenvalue weighted by Crippen LogP contribution is -2.18. The minimum absolute atomic E-state index is 0.0161. The summed E-state index contributed by atoms with van der Waals surface area (Å²) in [6.07, 6.45) is -2.54. The lowest BCUT2D eigenvalue weighted by Gasteiger charge is -2.18. The van der Waals surface area contributed by atoms with Crippen LogP contribution in [0.1, 0.15) is 17.5 Å². The molecule has 2 heterocycles. The monoisotopic (exact) mass is 307 g/mol. The summed E-state index contributed by atoms with van der Waals surface area (Å²) < 4.78 is 37.4. The summed E-state index contributed by atoms with van der Waals surface area (Å²) in [5.41, 5.74) is 1.67. The highest BCUT2D eigenvalue weighted by Crippen LogP contribution is 2.30. The number of halogens is 3. The van der Waals surface area contributed by atoms with E-state index in [2.05, 4.69) is 15.6 Å². The van der Waals surface area contributed by atoms with Crippen molar-refractivity contribution in [3.05, 3.63) is 47.7 Å². The highest BCUT2D eigenvalue weighted by atomic mass is 19.4. The molecule has 0 unspecified atom stereocenters. The first-order valence-corrected chi connectivity index (χ1v) is 6.65. The molecule has 2 aromatic rings. The number of alkyl halides is 3. The van der Waals surface area contributed by atoms with Gasteiger partial charge in [-0.3, -0.25) is 4.79 Å². The number of aromatic nitrogens is 1. The molecule has 0 radical (unpaired) electrons. The summed E-state index contributed by atoms with van der Waals surface area (Å²) in [7, 11) is 0. The maximum absolute atomic E-state index is 12.5. The first-order chi connectivity index (χ1) is 10.4. The third kappa shape index (κ3) is 3.03. The fourth-order valence-corrected chi connectivity index (χ4v) is 2.24. The molecule has 0 bridgehead atoms. The van der Waals surface area contributed by atoms with Gasteiger partial charge in [0.15, 0.2) is 0 Å². The SMILES string of the molecule is O=C1CCc2cc(Nc3ccc(C(F)(F)F)cn3)ccc2N1. The maximum Gasteiger partial charge on any atom is 0.417 e. The lowest BCUT2D eigenvalue weighted by atomic mass is 10.0. The van der Waals surface area contributed by atoms with Crippen molar-refractivity contribution in [2.75, 3.05) is 10.6 Å². The van der Waals surface area contributed by atoms with Crippen molar-refractivity contribution in [1.29, 1.82) is 0 Å². The van der Waals surface area contributed by atoms with Crippen LogP contribution in [0.25, 0.3) is 0 Å². The van der Waals surface area contributed by atoms with Crippen LogP contribution in [0.4, 0.5) is 30.4 Å². The lowest BCUT2D eigenvalue weighted by molar-refractivity contribution is -0.137. The smallest absolute Gasteiger partial charge is 0.340 e. The van der Waals surface area contributed by atoms with Crippen LogP contribution in [0.2, 0.25) is 0 Å². The quantitative estimate of drug-likeness (QED) is 0.889. The van der Waals surface area contributed by atoms with Gasteiger partial charge in [0.05, 0.1) is 5.56 Å². The Morgan fingerprint density at radius 2 is 1.95 bits per heavy atom. The zero-order valence-corrected chi connectivity index (χ0v) is 11.4. The van der Waals surface area contributed by atoms with Crippen LogP contribution in [-0.4, -0.2) is 10.9 Å². The Hall–Kier alpha value is -2.57. The highest BCUT2D eigenvalue weighted by molar-refractivity contribution is 5.94. The number of hydrogen-bond acceptors (Lipinski definition) is 3. The average Bonchev–Trinajstić information content (AvgIpc) is 2.47. The van der Waals surface area contributed by atoms with Gasteiger partial charge in [-0.15, -0.1) is 0 Å². The molecule has 1 amide bonds. The van der Waals surface area contributed by atoms with Gasteiger partial charge in [-0.05, 0) is 42.3 Å². The van der Waals surface area contributed by atoms with Gasteiger partial charge >= 0.3 is 6.18 Å². The highest BCUT2D eigenvalue weighted by Gasteiger charge is 2.30. The Bertz CT molecular complexity index is 711. The van der Waals surface area contributed by atoms with Crippen molar-refractivity contribution in [3.8, 4) is 0 Å². The van der Waals surface area contributed by atoms with Crippen molar-refractivity contribution >= 4 is 23.1 Å². The molecule has 22 heavy (non-hydrogen) atoms. The summed E-state index contributed by atoms with van der Waals surface area (Å²) >= 11 is 0.